The number of benzene rings is 2. The molecule has 0 aliphatic carbocycles. The molecule has 29 heavy (non-hydrogen) atoms. The van der Waals surface area contributed by atoms with E-state index in [1.807, 2.05) is 48.5 Å². The van der Waals surface area contributed by atoms with Crippen molar-refractivity contribution in [3.05, 3.63) is 78.1 Å². The maximum Gasteiger partial charge on any atom is 0.255 e. The Morgan fingerprint density at radius 2 is 1.97 bits per heavy atom. The molecule has 0 radical (unpaired) electrons. The molecule has 0 aliphatic heterocycles. The van der Waals surface area contributed by atoms with E-state index >= 15 is 0 Å². The van der Waals surface area contributed by atoms with Gasteiger partial charge in [0, 0.05) is 22.8 Å². The lowest BCUT2D eigenvalue weighted by molar-refractivity contribution is 0.102. The van der Waals surface area contributed by atoms with Gasteiger partial charge < -0.3 is 10.6 Å². The minimum absolute atomic E-state index is 0.166. The fourth-order valence-electron chi connectivity index (χ4n) is 3.15. The largest absolute Gasteiger partial charge is 0.338 e. The van der Waals surface area contributed by atoms with Crippen LogP contribution < -0.4 is 10.6 Å². The average molecular weight is 385 g/mol. The Morgan fingerprint density at radius 3 is 2.76 bits per heavy atom. The third-order valence-corrected chi connectivity index (χ3v) is 5.11. The number of carbonyl (C=O) groups excluding carboxylic acids is 1. The standard InChI is InChI=1S/C23H23N5O/c1-3-15(2)16-6-8-17(9-7-16)23(29)27-20-5-4-12-24-22(20)26-19-11-10-18-14-25-28-21(18)13-19/h4-15H,3H2,1-2H3,(H,24,26)(H,25,28)(H,27,29). The maximum absolute atomic E-state index is 12.7. The number of H-pyrrole nitrogens is 1. The molecule has 0 spiro atoms. The molecule has 1 unspecified atom stereocenters. The summed E-state index contributed by atoms with van der Waals surface area (Å²) in [4.78, 5) is 17.1. The molecule has 4 aromatic rings. The molecule has 1 atom stereocenters. The Morgan fingerprint density at radius 1 is 1.14 bits per heavy atom. The highest BCUT2D eigenvalue weighted by Crippen LogP contribution is 2.26. The van der Waals surface area contributed by atoms with E-state index in [0.29, 0.717) is 23.0 Å². The van der Waals surface area contributed by atoms with Gasteiger partial charge in [-0.3, -0.25) is 9.89 Å². The van der Waals surface area contributed by atoms with Crippen molar-refractivity contribution in [2.45, 2.75) is 26.2 Å². The quantitative estimate of drug-likeness (QED) is 0.411. The Kier molecular flexibility index (Phi) is 5.24. The highest BCUT2D eigenvalue weighted by Gasteiger charge is 2.11. The summed E-state index contributed by atoms with van der Waals surface area (Å²) >= 11 is 0. The van der Waals surface area contributed by atoms with E-state index < -0.39 is 0 Å². The molecule has 2 aromatic carbocycles. The number of aromatic nitrogens is 3. The van der Waals surface area contributed by atoms with E-state index in [0.717, 1.165) is 23.0 Å². The zero-order valence-corrected chi connectivity index (χ0v) is 16.4. The summed E-state index contributed by atoms with van der Waals surface area (Å²) in [5, 5.41) is 14.2. The van der Waals surface area contributed by atoms with Gasteiger partial charge in [0.1, 0.15) is 0 Å². The van der Waals surface area contributed by atoms with Crippen LogP contribution in [-0.4, -0.2) is 21.1 Å². The number of hydrogen-bond donors (Lipinski definition) is 3. The Balaban J connectivity index is 1.52. The number of rotatable bonds is 6. The molecule has 146 valence electrons. The molecule has 4 rings (SSSR count). The van der Waals surface area contributed by atoms with Crippen LogP contribution in [0.25, 0.3) is 10.9 Å². The zero-order valence-electron chi connectivity index (χ0n) is 16.4. The van der Waals surface area contributed by atoms with E-state index in [9.17, 15) is 4.79 Å². The predicted molar refractivity (Wildman–Crippen MR) is 117 cm³/mol. The van der Waals surface area contributed by atoms with Gasteiger partial charge in [-0.25, -0.2) is 4.98 Å². The highest BCUT2D eigenvalue weighted by atomic mass is 16.1. The third kappa shape index (κ3) is 4.11. The molecule has 0 aliphatic rings. The molecule has 1 amide bonds. The first-order valence-electron chi connectivity index (χ1n) is 9.70. The van der Waals surface area contributed by atoms with Crippen LogP contribution in [0.4, 0.5) is 17.2 Å². The molecule has 2 aromatic heterocycles. The minimum atomic E-state index is -0.166. The number of pyridine rings is 1. The van der Waals surface area contributed by atoms with Gasteiger partial charge in [0.05, 0.1) is 17.4 Å². The number of nitrogens with zero attached hydrogens (tertiary/aromatic N) is 2. The number of fused-ring (bicyclic) bond motifs is 1. The Hall–Kier alpha value is -3.67. The number of hydrogen-bond acceptors (Lipinski definition) is 4. The first kappa shape index (κ1) is 18.7. The second kappa shape index (κ2) is 8.14. The SMILES string of the molecule is CCC(C)c1ccc(C(=O)Nc2cccnc2Nc2ccc3cn[nH]c3c2)cc1. The van der Waals surface area contributed by atoms with Gasteiger partial charge in [-0.1, -0.05) is 26.0 Å². The number of carbonyl (C=O) groups is 1. The summed E-state index contributed by atoms with van der Waals surface area (Å²) in [6, 6.07) is 17.3. The van der Waals surface area contributed by atoms with Gasteiger partial charge >= 0.3 is 0 Å². The van der Waals surface area contributed by atoms with Crippen LogP contribution in [0.15, 0.2) is 67.0 Å². The maximum atomic E-state index is 12.7. The lowest BCUT2D eigenvalue weighted by Gasteiger charge is -2.13. The first-order chi connectivity index (χ1) is 14.1. The van der Waals surface area contributed by atoms with Crippen molar-refractivity contribution >= 4 is 34.0 Å². The summed E-state index contributed by atoms with van der Waals surface area (Å²) in [7, 11) is 0. The van der Waals surface area contributed by atoms with Crippen molar-refractivity contribution in [2.24, 2.45) is 0 Å². The topological polar surface area (TPSA) is 82.7 Å². The van der Waals surface area contributed by atoms with Crippen LogP contribution in [0.3, 0.4) is 0 Å². The molecule has 6 nitrogen and oxygen atoms in total. The van der Waals surface area contributed by atoms with E-state index in [1.54, 1.807) is 18.5 Å². The van der Waals surface area contributed by atoms with E-state index in [4.69, 9.17) is 0 Å². The van der Waals surface area contributed by atoms with Gasteiger partial charge in [0.2, 0.25) is 0 Å². The predicted octanol–water partition coefficient (Wildman–Crippen LogP) is 5.47. The summed E-state index contributed by atoms with van der Waals surface area (Å²) < 4.78 is 0. The van der Waals surface area contributed by atoms with E-state index in [1.165, 1.54) is 5.56 Å². The van der Waals surface area contributed by atoms with Crippen molar-refractivity contribution in [2.75, 3.05) is 10.6 Å². The smallest absolute Gasteiger partial charge is 0.255 e. The van der Waals surface area contributed by atoms with Crippen LogP contribution in [0.1, 0.15) is 42.1 Å². The molecule has 3 N–H and O–H groups in total. The van der Waals surface area contributed by atoms with E-state index in [2.05, 4.69) is 39.7 Å². The second-order valence-corrected chi connectivity index (χ2v) is 7.08. The molecule has 0 saturated carbocycles. The van der Waals surface area contributed by atoms with Gasteiger partial charge in [-0.05, 0) is 60.4 Å². The Labute approximate surface area is 169 Å². The average Bonchev–Trinajstić information content (AvgIpc) is 3.22. The number of amides is 1. The summed E-state index contributed by atoms with van der Waals surface area (Å²) in [6.45, 7) is 4.34. The second-order valence-electron chi connectivity index (χ2n) is 7.08. The van der Waals surface area contributed by atoms with Gasteiger partial charge in [0.25, 0.3) is 5.91 Å². The van der Waals surface area contributed by atoms with Crippen molar-refractivity contribution in [3.63, 3.8) is 0 Å². The third-order valence-electron chi connectivity index (χ3n) is 5.11. The van der Waals surface area contributed by atoms with Gasteiger partial charge in [0.15, 0.2) is 5.82 Å². The van der Waals surface area contributed by atoms with Gasteiger partial charge in [-0.15, -0.1) is 0 Å². The number of aromatic amines is 1. The lowest BCUT2D eigenvalue weighted by atomic mass is 9.97. The molecule has 0 fully saturated rings. The molecule has 2 heterocycles. The molecule has 6 heteroatoms. The summed E-state index contributed by atoms with van der Waals surface area (Å²) in [5.74, 6) is 0.894. The zero-order chi connectivity index (χ0) is 20.2. The number of anilines is 3. The monoisotopic (exact) mass is 385 g/mol. The van der Waals surface area contributed by atoms with Crippen molar-refractivity contribution < 1.29 is 4.79 Å². The number of nitrogens with one attached hydrogen (secondary N) is 3. The highest BCUT2D eigenvalue weighted by molar-refractivity contribution is 6.05. The van der Waals surface area contributed by atoms with Crippen LogP contribution in [-0.2, 0) is 0 Å². The van der Waals surface area contributed by atoms with Crippen LogP contribution in [0, 0.1) is 0 Å². The van der Waals surface area contributed by atoms with Crippen LogP contribution >= 0.6 is 0 Å². The van der Waals surface area contributed by atoms with Crippen molar-refractivity contribution in [1.29, 1.82) is 0 Å². The lowest BCUT2D eigenvalue weighted by Crippen LogP contribution is -2.13. The minimum Gasteiger partial charge on any atom is -0.338 e. The first-order valence-corrected chi connectivity index (χ1v) is 9.70. The molecule has 0 bridgehead atoms. The molecular formula is C23H23N5O. The molecular weight excluding hydrogens is 362 g/mol. The van der Waals surface area contributed by atoms with Crippen molar-refractivity contribution in [3.8, 4) is 0 Å². The van der Waals surface area contributed by atoms with Crippen molar-refractivity contribution in [1.82, 2.24) is 15.2 Å². The van der Waals surface area contributed by atoms with Crippen LogP contribution in [0.5, 0.6) is 0 Å². The summed E-state index contributed by atoms with van der Waals surface area (Å²) in [5.41, 5.74) is 4.26. The van der Waals surface area contributed by atoms with E-state index in [-0.39, 0.29) is 5.91 Å². The fraction of sp³-hybridized carbons (Fsp3) is 0.174. The van der Waals surface area contributed by atoms with Gasteiger partial charge in [-0.2, -0.15) is 5.10 Å². The Bertz CT molecular complexity index is 1130. The normalized spacial score (nSPS) is 11.9. The molecule has 0 saturated heterocycles. The fourth-order valence-corrected chi connectivity index (χ4v) is 3.15. The summed E-state index contributed by atoms with van der Waals surface area (Å²) in [6.07, 6.45) is 4.53. The van der Waals surface area contributed by atoms with Crippen LogP contribution in [0.2, 0.25) is 0 Å².